The topological polar surface area (TPSA) is 4.93 Å². The molecule has 0 aliphatic rings. The highest BCUT2D eigenvalue weighted by Gasteiger charge is 2.16. The molecule has 0 unspecified atom stereocenters. The van der Waals surface area contributed by atoms with Gasteiger partial charge in [-0.05, 0) is 88.5 Å². The van der Waals surface area contributed by atoms with Gasteiger partial charge in [-0.25, -0.2) is 0 Å². The minimum absolute atomic E-state index is 1.16. The van der Waals surface area contributed by atoms with Crippen LogP contribution in [-0.4, -0.2) is 4.57 Å². The smallest absolute Gasteiger partial charge is 0.0541 e. The fourth-order valence-electron chi connectivity index (χ4n) is 6.21. The van der Waals surface area contributed by atoms with E-state index in [0.29, 0.717) is 0 Å². The molecule has 6 aromatic rings. The van der Waals surface area contributed by atoms with Gasteiger partial charge in [-0.1, -0.05) is 130 Å². The number of aromatic nitrogens is 1. The predicted octanol–water partition coefficient (Wildman–Crippen LogP) is 10.4. The van der Waals surface area contributed by atoms with Gasteiger partial charge in [0.15, 0.2) is 0 Å². The highest BCUT2D eigenvalue weighted by atomic mass is 15.0. The third-order valence-corrected chi connectivity index (χ3v) is 7.80. The Bertz CT molecular complexity index is 2030. The molecule has 0 aliphatic heterocycles. The Labute approximate surface area is 249 Å². The second kappa shape index (κ2) is 12.7. The number of allylic oxidation sites excluding steroid dienone is 5. The molecule has 0 amide bonds. The van der Waals surface area contributed by atoms with Crippen molar-refractivity contribution in [3.63, 3.8) is 0 Å². The van der Waals surface area contributed by atoms with Crippen molar-refractivity contribution in [3.8, 4) is 16.8 Å². The number of para-hydroxylation sites is 2. The van der Waals surface area contributed by atoms with Crippen molar-refractivity contribution in [3.05, 3.63) is 144 Å². The summed E-state index contributed by atoms with van der Waals surface area (Å²) in [5.41, 5.74) is 8.50. The van der Waals surface area contributed by atoms with Gasteiger partial charge < -0.3 is 4.57 Å². The Morgan fingerprint density at radius 1 is 0.619 bits per heavy atom. The number of nitrogens with zero attached hydrogens (tertiary/aromatic N) is 1. The van der Waals surface area contributed by atoms with Crippen molar-refractivity contribution >= 4 is 50.3 Å². The van der Waals surface area contributed by atoms with Crippen LogP contribution >= 0.6 is 0 Å². The van der Waals surface area contributed by atoms with Gasteiger partial charge in [-0.2, -0.15) is 0 Å². The molecule has 0 radical (unpaired) electrons. The van der Waals surface area contributed by atoms with Crippen molar-refractivity contribution in [1.82, 2.24) is 4.57 Å². The highest BCUT2D eigenvalue weighted by Crippen LogP contribution is 2.34. The summed E-state index contributed by atoms with van der Waals surface area (Å²) >= 11 is 0. The maximum atomic E-state index is 3.99. The fourth-order valence-corrected chi connectivity index (χ4v) is 6.21. The quantitative estimate of drug-likeness (QED) is 0.190. The zero-order valence-corrected chi connectivity index (χ0v) is 25.4. The second-order valence-corrected chi connectivity index (χ2v) is 9.97. The van der Waals surface area contributed by atoms with E-state index in [0.717, 1.165) is 11.3 Å². The minimum atomic E-state index is 1.16. The van der Waals surface area contributed by atoms with Crippen LogP contribution in [0.2, 0.25) is 0 Å². The zero-order valence-electron chi connectivity index (χ0n) is 25.4. The third-order valence-electron chi connectivity index (χ3n) is 7.80. The lowest BCUT2D eigenvalue weighted by Gasteiger charge is -2.17. The van der Waals surface area contributed by atoms with Gasteiger partial charge in [0.25, 0.3) is 0 Å². The van der Waals surface area contributed by atoms with E-state index in [1.54, 1.807) is 0 Å². The standard InChI is InChI=1S/C39H33N.C2H6/c1-5-15-27(16-6-2)38-30(7-3)31(8-4)39(35-20-10-9-19-34(35)38)28-23-25-29(26-24-28)40-36-21-13-11-17-32(36)33-18-12-14-22-37(33)40;1-2/h5-26H,1H2,2-4H3;1-2H3/b16-6-,27-15+,30-7+,31-8+;. The van der Waals surface area contributed by atoms with E-state index in [4.69, 9.17) is 0 Å². The second-order valence-electron chi connectivity index (χ2n) is 9.97. The summed E-state index contributed by atoms with van der Waals surface area (Å²) in [6.45, 7) is 14.3. The number of fused-ring (bicyclic) bond motifs is 4. The minimum Gasteiger partial charge on any atom is -0.309 e. The van der Waals surface area contributed by atoms with E-state index in [1.165, 1.54) is 59.7 Å². The van der Waals surface area contributed by atoms with Crippen molar-refractivity contribution in [2.75, 3.05) is 0 Å². The summed E-state index contributed by atoms with van der Waals surface area (Å²) in [5, 5.41) is 7.54. The van der Waals surface area contributed by atoms with Gasteiger partial charge >= 0.3 is 0 Å². The molecule has 0 fully saturated rings. The Balaban J connectivity index is 0.00000173. The van der Waals surface area contributed by atoms with Gasteiger partial charge in [0.05, 0.1) is 11.0 Å². The van der Waals surface area contributed by atoms with Crippen LogP contribution in [0.5, 0.6) is 0 Å². The highest BCUT2D eigenvalue weighted by molar-refractivity contribution is 6.09. The summed E-state index contributed by atoms with van der Waals surface area (Å²) in [6, 6.07) is 35.2. The van der Waals surface area contributed by atoms with Gasteiger partial charge in [-0.15, -0.1) is 0 Å². The van der Waals surface area contributed by atoms with Crippen LogP contribution in [0, 0.1) is 0 Å². The van der Waals surface area contributed by atoms with Crippen LogP contribution in [0.3, 0.4) is 0 Å². The number of hydrogen-bond acceptors (Lipinski definition) is 0. The molecule has 0 bridgehead atoms. The molecule has 0 spiro atoms. The van der Waals surface area contributed by atoms with Crippen molar-refractivity contribution in [2.24, 2.45) is 0 Å². The molecule has 1 aromatic heterocycles. The van der Waals surface area contributed by atoms with Crippen molar-refractivity contribution in [1.29, 1.82) is 0 Å². The molecule has 0 atom stereocenters. The molecule has 1 heterocycles. The summed E-state index contributed by atoms with van der Waals surface area (Å²) in [7, 11) is 0. The average Bonchev–Trinajstić information content (AvgIpc) is 3.39. The average molecular weight is 546 g/mol. The Kier molecular flexibility index (Phi) is 8.69. The first-order valence-electron chi connectivity index (χ1n) is 14.9. The normalized spacial score (nSPS) is 12.8. The molecule has 1 heteroatoms. The van der Waals surface area contributed by atoms with Gasteiger partial charge in [-0.3, -0.25) is 0 Å². The fraction of sp³-hybridized carbons (Fsp3) is 0.122. The molecule has 208 valence electrons. The van der Waals surface area contributed by atoms with Crippen molar-refractivity contribution in [2.45, 2.75) is 34.6 Å². The Morgan fingerprint density at radius 2 is 1.14 bits per heavy atom. The van der Waals surface area contributed by atoms with Crippen LogP contribution in [0.4, 0.5) is 0 Å². The Hall–Kier alpha value is -4.88. The molecule has 5 aromatic carbocycles. The van der Waals surface area contributed by atoms with Crippen LogP contribution in [-0.2, 0) is 0 Å². The number of benzene rings is 5. The molecular weight excluding hydrogens is 506 g/mol. The van der Waals surface area contributed by atoms with E-state index in [-0.39, 0.29) is 0 Å². The maximum absolute atomic E-state index is 3.99. The van der Waals surface area contributed by atoms with E-state index in [2.05, 4.69) is 159 Å². The van der Waals surface area contributed by atoms with E-state index >= 15 is 0 Å². The Morgan fingerprint density at radius 3 is 1.67 bits per heavy atom. The molecule has 6 rings (SSSR count). The first-order chi connectivity index (χ1) is 20.7. The first-order valence-corrected chi connectivity index (χ1v) is 14.9. The maximum Gasteiger partial charge on any atom is 0.0541 e. The van der Waals surface area contributed by atoms with Gasteiger partial charge in [0, 0.05) is 16.5 Å². The molecule has 42 heavy (non-hydrogen) atoms. The summed E-state index contributed by atoms with van der Waals surface area (Å²) < 4.78 is 2.37. The predicted molar refractivity (Wildman–Crippen MR) is 188 cm³/mol. The number of rotatable bonds is 5. The van der Waals surface area contributed by atoms with Crippen LogP contribution in [0.1, 0.15) is 40.2 Å². The summed E-state index contributed by atoms with van der Waals surface area (Å²) in [5.74, 6) is 0. The van der Waals surface area contributed by atoms with E-state index in [1.807, 2.05) is 19.9 Å². The number of hydrogen-bond donors (Lipinski definition) is 0. The SMILES string of the molecule is C=C/C=C(\C=C/C)c1c(=C/C)/c(=C\C)c(-c2ccc(-n3c4ccccc4c4ccccc43)cc2)c2ccccc12.CC. The molecular formula is C41H39N. The lowest BCUT2D eigenvalue weighted by Crippen LogP contribution is -2.30. The van der Waals surface area contributed by atoms with Gasteiger partial charge in [0.1, 0.15) is 0 Å². The molecule has 1 nitrogen and oxygen atoms in total. The first kappa shape index (κ1) is 28.6. The van der Waals surface area contributed by atoms with Crippen LogP contribution in [0.25, 0.3) is 67.1 Å². The van der Waals surface area contributed by atoms with Gasteiger partial charge in [0.2, 0.25) is 0 Å². The summed E-state index contributed by atoms with van der Waals surface area (Å²) in [4.78, 5) is 0. The van der Waals surface area contributed by atoms with Crippen LogP contribution in [0.15, 0.2) is 128 Å². The zero-order chi connectivity index (χ0) is 29.6. The van der Waals surface area contributed by atoms with Crippen molar-refractivity contribution < 1.29 is 0 Å². The largest absolute Gasteiger partial charge is 0.309 e. The molecule has 0 saturated heterocycles. The molecule has 0 aliphatic carbocycles. The van der Waals surface area contributed by atoms with E-state index < -0.39 is 0 Å². The summed E-state index contributed by atoms with van der Waals surface area (Å²) in [6.07, 6.45) is 12.8. The molecule has 0 N–H and O–H groups in total. The van der Waals surface area contributed by atoms with Crippen LogP contribution < -0.4 is 10.4 Å². The molecule has 0 saturated carbocycles. The monoisotopic (exact) mass is 545 g/mol. The third kappa shape index (κ3) is 4.82. The van der Waals surface area contributed by atoms with E-state index in [9.17, 15) is 0 Å². The lowest BCUT2D eigenvalue weighted by molar-refractivity contribution is 1.18. The lowest BCUT2D eigenvalue weighted by atomic mass is 9.87.